The van der Waals surface area contributed by atoms with Gasteiger partial charge in [0, 0.05) is 18.5 Å². The summed E-state index contributed by atoms with van der Waals surface area (Å²) in [7, 11) is 1.66. The van der Waals surface area contributed by atoms with Crippen LogP contribution >= 0.6 is 0 Å². The highest BCUT2D eigenvalue weighted by atomic mass is 16.5. The summed E-state index contributed by atoms with van der Waals surface area (Å²) in [4.78, 5) is 4.48. The quantitative estimate of drug-likeness (QED) is 0.930. The number of hydrogen-bond acceptors (Lipinski definition) is 4. The van der Waals surface area contributed by atoms with Gasteiger partial charge in [-0.05, 0) is 23.1 Å². The first-order valence-electron chi connectivity index (χ1n) is 6.79. The lowest BCUT2D eigenvalue weighted by molar-refractivity contribution is 0.415. The summed E-state index contributed by atoms with van der Waals surface area (Å²) in [5, 5.41) is 0. The molecule has 0 aliphatic carbocycles. The van der Waals surface area contributed by atoms with Gasteiger partial charge >= 0.3 is 0 Å². The summed E-state index contributed by atoms with van der Waals surface area (Å²) >= 11 is 0. The molecule has 4 nitrogen and oxygen atoms in total. The first-order chi connectivity index (χ1) is 9.45. The van der Waals surface area contributed by atoms with Crippen LogP contribution < -0.4 is 10.5 Å². The summed E-state index contributed by atoms with van der Waals surface area (Å²) in [5.74, 6) is 1.45. The maximum atomic E-state index is 5.52. The van der Waals surface area contributed by atoms with Crippen molar-refractivity contribution in [3.8, 4) is 17.0 Å². The molecule has 0 saturated heterocycles. The van der Waals surface area contributed by atoms with Crippen LogP contribution in [0.3, 0.4) is 0 Å². The van der Waals surface area contributed by atoms with Crippen molar-refractivity contribution in [2.24, 2.45) is 5.73 Å². The molecule has 108 valence electrons. The molecule has 2 rings (SSSR count). The molecule has 0 radical (unpaired) electrons. The molecule has 1 aromatic carbocycles. The van der Waals surface area contributed by atoms with Crippen molar-refractivity contribution in [3.05, 3.63) is 35.9 Å². The number of ether oxygens (including phenoxy) is 1. The summed E-state index contributed by atoms with van der Waals surface area (Å²) in [5.41, 5.74) is 8.57. The Morgan fingerprint density at radius 2 is 2.05 bits per heavy atom. The van der Waals surface area contributed by atoms with Gasteiger partial charge in [-0.3, -0.25) is 0 Å². The predicted molar refractivity (Wildman–Crippen MR) is 79.9 cm³/mol. The molecule has 0 fully saturated rings. The Kier molecular flexibility index (Phi) is 4.14. The molecule has 4 heteroatoms. The zero-order valence-electron chi connectivity index (χ0n) is 12.6. The molecule has 0 unspecified atom stereocenters. The van der Waals surface area contributed by atoms with Crippen molar-refractivity contribution in [2.45, 2.75) is 32.6 Å². The van der Waals surface area contributed by atoms with E-state index in [1.807, 2.05) is 6.07 Å². The molecule has 0 amide bonds. The second-order valence-electron chi connectivity index (χ2n) is 5.83. The van der Waals surface area contributed by atoms with Crippen LogP contribution in [0.15, 0.2) is 28.9 Å². The van der Waals surface area contributed by atoms with Crippen LogP contribution in [0, 0.1) is 0 Å². The monoisotopic (exact) mass is 274 g/mol. The van der Waals surface area contributed by atoms with Gasteiger partial charge in [0.15, 0.2) is 5.89 Å². The minimum atomic E-state index is 0.0743. The molecule has 0 aliphatic heterocycles. The van der Waals surface area contributed by atoms with Gasteiger partial charge in [-0.15, -0.1) is 0 Å². The van der Waals surface area contributed by atoms with E-state index >= 15 is 0 Å². The second-order valence-corrected chi connectivity index (χ2v) is 5.83. The average molecular weight is 274 g/mol. The van der Waals surface area contributed by atoms with E-state index < -0.39 is 0 Å². The molecule has 0 aliphatic rings. The molecule has 2 aromatic rings. The maximum absolute atomic E-state index is 5.52. The number of benzene rings is 1. The lowest BCUT2D eigenvalue weighted by Gasteiger charge is -2.20. The Bertz CT molecular complexity index is 582. The normalized spacial score (nSPS) is 11.7. The van der Waals surface area contributed by atoms with E-state index in [-0.39, 0.29) is 5.41 Å². The number of methoxy groups -OCH3 is 1. The minimum Gasteiger partial charge on any atom is -0.496 e. The molecule has 1 heterocycles. The highest BCUT2D eigenvalue weighted by Crippen LogP contribution is 2.34. The van der Waals surface area contributed by atoms with Crippen molar-refractivity contribution in [2.75, 3.05) is 13.7 Å². The number of hydrogen-bond donors (Lipinski definition) is 1. The number of rotatable bonds is 4. The molecule has 0 saturated carbocycles. The van der Waals surface area contributed by atoms with Gasteiger partial charge in [0.25, 0.3) is 0 Å². The first kappa shape index (κ1) is 14.6. The van der Waals surface area contributed by atoms with Crippen LogP contribution in [-0.2, 0) is 11.8 Å². The standard InChI is InChI=1S/C16H22N2O2/c1-16(2,3)11-5-6-14(19-4)12(9-11)13-10-20-15(18-13)7-8-17/h5-6,9-10H,7-8,17H2,1-4H3. The Hall–Kier alpha value is -1.81. The van der Waals surface area contributed by atoms with Gasteiger partial charge in [0.05, 0.1) is 7.11 Å². The summed E-state index contributed by atoms with van der Waals surface area (Å²) in [6.45, 7) is 7.07. The lowest BCUT2D eigenvalue weighted by atomic mass is 9.86. The maximum Gasteiger partial charge on any atom is 0.195 e. The fraction of sp³-hybridized carbons (Fsp3) is 0.438. The van der Waals surface area contributed by atoms with Gasteiger partial charge in [-0.1, -0.05) is 26.8 Å². The van der Waals surface area contributed by atoms with Crippen molar-refractivity contribution >= 4 is 0 Å². The van der Waals surface area contributed by atoms with Crippen molar-refractivity contribution in [1.29, 1.82) is 0 Å². The van der Waals surface area contributed by atoms with Crippen LogP contribution in [0.2, 0.25) is 0 Å². The Labute approximate surface area is 120 Å². The largest absolute Gasteiger partial charge is 0.496 e. The summed E-state index contributed by atoms with van der Waals surface area (Å²) in [6.07, 6.45) is 2.30. The van der Waals surface area contributed by atoms with Gasteiger partial charge in [0.2, 0.25) is 0 Å². The molecule has 0 spiro atoms. The van der Waals surface area contributed by atoms with Gasteiger partial charge < -0.3 is 14.9 Å². The van der Waals surface area contributed by atoms with E-state index in [0.29, 0.717) is 18.9 Å². The van der Waals surface area contributed by atoms with E-state index in [1.165, 1.54) is 5.56 Å². The van der Waals surface area contributed by atoms with Crippen LogP contribution in [0.25, 0.3) is 11.3 Å². The molecular formula is C16H22N2O2. The molecule has 1 aromatic heterocycles. The molecule has 0 bridgehead atoms. The van der Waals surface area contributed by atoms with Gasteiger partial charge in [-0.25, -0.2) is 4.98 Å². The Morgan fingerprint density at radius 1 is 1.30 bits per heavy atom. The Balaban J connectivity index is 2.46. The fourth-order valence-corrected chi connectivity index (χ4v) is 2.05. The van der Waals surface area contributed by atoms with Crippen LogP contribution in [0.5, 0.6) is 5.75 Å². The number of aromatic nitrogens is 1. The zero-order valence-corrected chi connectivity index (χ0v) is 12.6. The molecule has 0 atom stereocenters. The predicted octanol–water partition coefficient (Wildman–Crippen LogP) is 3.15. The molecule has 2 N–H and O–H groups in total. The summed E-state index contributed by atoms with van der Waals surface area (Å²) < 4.78 is 10.9. The highest BCUT2D eigenvalue weighted by Gasteiger charge is 2.18. The van der Waals surface area contributed by atoms with Crippen molar-refractivity contribution < 1.29 is 9.15 Å². The van der Waals surface area contributed by atoms with E-state index in [4.69, 9.17) is 14.9 Å². The van der Waals surface area contributed by atoms with Crippen LogP contribution in [-0.4, -0.2) is 18.6 Å². The third-order valence-electron chi connectivity index (χ3n) is 3.25. The first-order valence-corrected chi connectivity index (χ1v) is 6.79. The lowest BCUT2D eigenvalue weighted by Crippen LogP contribution is -2.11. The molecule has 20 heavy (non-hydrogen) atoms. The van der Waals surface area contributed by atoms with Gasteiger partial charge in [-0.2, -0.15) is 0 Å². The third kappa shape index (κ3) is 3.02. The zero-order chi connectivity index (χ0) is 14.8. The Morgan fingerprint density at radius 3 is 2.65 bits per heavy atom. The highest BCUT2D eigenvalue weighted by molar-refractivity contribution is 5.67. The van der Waals surface area contributed by atoms with Crippen LogP contribution in [0.1, 0.15) is 32.2 Å². The minimum absolute atomic E-state index is 0.0743. The van der Waals surface area contributed by atoms with E-state index in [0.717, 1.165) is 17.0 Å². The molecular weight excluding hydrogens is 252 g/mol. The van der Waals surface area contributed by atoms with E-state index in [2.05, 4.69) is 37.9 Å². The number of nitrogens with two attached hydrogens (primary N) is 1. The third-order valence-corrected chi connectivity index (χ3v) is 3.25. The average Bonchev–Trinajstić information content (AvgIpc) is 2.86. The fourth-order valence-electron chi connectivity index (χ4n) is 2.05. The van der Waals surface area contributed by atoms with E-state index in [9.17, 15) is 0 Å². The topological polar surface area (TPSA) is 61.3 Å². The number of oxazole rings is 1. The van der Waals surface area contributed by atoms with Crippen molar-refractivity contribution in [3.63, 3.8) is 0 Å². The van der Waals surface area contributed by atoms with Crippen molar-refractivity contribution in [1.82, 2.24) is 4.98 Å². The number of nitrogens with zero attached hydrogens (tertiary/aromatic N) is 1. The smallest absolute Gasteiger partial charge is 0.195 e. The SMILES string of the molecule is COc1ccc(C(C)(C)C)cc1-c1coc(CCN)n1. The van der Waals surface area contributed by atoms with Gasteiger partial charge in [0.1, 0.15) is 17.7 Å². The van der Waals surface area contributed by atoms with E-state index in [1.54, 1.807) is 13.4 Å². The second kappa shape index (κ2) is 5.67. The summed E-state index contributed by atoms with van der Waals surface area (Å²) in [6, 6.07) is 6.18. The van der Waals surface area contributed by atoms with Crippen LogP contribution in [0.4, 0.5) is 0 Å².